The molecule has 224 valence electrons. The fraction of sp³-hybridized carbons (Fsp3) is 0.889. The molecule has 0 rings (SSSR count). The van der Waals surface area contributed by atoms with Gasteiger partial charge >= 0.3 is 11.9 Å². The van der Waals surface area contributed by atoms with E-state index >= 15 is 0 Å². The Morgan fingerprint density at radius 2 is 0.842 bits per heavy atom. The average Bonchev–Trinajstić information content (AvgIpc) is 2.91. The lowest BCUT2D eigenvalue weighted by Gasteiger charge is -2.08. The van der Waals surface area contributed by atoms with Gasteiger partial charge in [-0.1, -0.05) is 51.9 Å². The Morgan fingerprint density at radius 3 is 1.26 bits per heavy atom. The van der Waals surface area contributed by atoms with E-state index in [4.69, 9.17) is 38.3 Å². The molecule has 0 bridgehead atoms. The van der Waals surface area contributed by atoms with Crippen LogP contribution in [0.1, 0.15) is 71.1 Å². The maximum Gasteiger partial charge on any atom is 0.372 e. The number of ether oxygens (including phenoxy) is 7. The first-order valence-corrected chi connectivity index (χ1v) is 14.0. The number of carbonyl (C=O) groups excluding carboxylic acids is 2. The highest BCUT2D eigenvalue weighted by atomic mass is 16.6. The van der Waals surface area contributed by atoms with Crippen molar-refractivity contribution in [2.45, 2.75) is 71.1 Å². The van der Waals surface area contributed by atoms with Gasteiger partial charge in [0, 0.05) is 13.0 Å². The van der Waals surface area contributed by atoms with E-state index in [1.54, 1.807) is 0 Å². The van der Waals surface area contributed by atoms with Crippen molar-refractivity contribution in [2.75, 3.05) is 85.9 Å². The van der Waals surface area contributed by atoms with Crippen LogP contribution < -0.4 is 0 Å². The van der Waals surface area contributed by atoms with Gasteiger partial charge in [-0.3, -0.25) is 9.59 Å². The molecule has 0 radical (unpaired) electrons. The Hall–Kier alpha value is -1.63. The van der Waals surface area contributed by atoms with Crippen LogP contribution in [0.3, 0.4) is 0 Å². The fourth-order valence-electron chi connectivity index (χ4n) is 3.15. The van der Waals surface area contributed by atoms with Gasteiger partial charge in [0.15, 0.2) is 0 Å². The molecule has 0 spiro atoms. The lowest BCUT2D eigenvalue weighted by atomic mass is 10.1. The number of aliphatic carboxylic acids is 1. The Morgan fingerprint density at radius 1 is 0.474 bits per heavy atom. The Balaban J connectivity index is 3.13. The van der Waals surface area contributed by atoms with Crippen LogP contribution in [-0.2, 0) is 47.5 Å². The summed E-state index contributed by atoms with van der Waals surface area (Å²) in [4.78, 5) is 32.6. The van der Waals surface area contributed by atoms with Gasteiger partial charge in [-0.2, -0.15) is 0 Å². The topological polar surface area (TPSA) is 136 Å². The zero-order chi connectivity index (χ0) is 27.9. The molecule has 0 aromatic heterocycles. The van der Waals surface area contributed by atoms with Gasteiger partial charge in [-0.25, -0.2) is 4.79 Å². The van der Waals surface area contributed by atoms with Crippen molar-refractivity contribution in [1.82, 2.24) is 0 Å². The lowest BCUT2D eigenvalue weighted by Crippen LogP contribution is -2.17. The zero-order valence-corrected chi connectivity index (χ0v) is 23.3. The van der Waals surface area contributed by atoms with E-state index in [0.29, 0.717) is 66.1 Å². The number of carboxylic acid groups (broad SMARTS) is 1. The van der Waals surface area contributed by atoms with Gasteiger partial charge in [0.05, 0.1) is 79.1 Å². The smallest absolute Gasteiger partial charge is 0.372 e. The summed E-state index contributed by atoms with van der Waals surface area (Å²) >= 11 is 0. The predicted octanol–water partition coefficient (Wildman–Crippen LogP) is 3.20. The van der Waals surface area contributed by atoms with E-state index < -0.39 is 17.7 Å². The minimum Gasteiger partial charge on any atom is -0.476 e. The molecule has 38 heavy (non-hydrogen) atoms. The number of carbonyl (C=O) groups is 3. The van der Waals surface area contributed by atoms with Crippen LogP contribution in [0.2, 0.25) is 0 Å². The average molecular weight is 551 g/mol. The number of unbranched alkanes of at least 4 members (excludes halogenated alkanes) is 7. The number of hydrogen-bond donors (Lipinski definition) is 1. The summed E-state index contributed by atoms with van der Waals surface area (Å²) in [5.74, 6) is -3.21. The molecule has 0 heterocycles. The molecular formula is C27H50O11. The third-order valence-electron chi connectivity index (χ3n) is 5.29. The van der Waals surface area contributed by atoms with Crippen LogP contribution in [0, 0.1) is 0 Å². The molecule has 1 N–H and O–H groups in total. The molecule has 0 aliphatic carbocycles. The SMILES string of the molecule is CCCCCCCCCCOCCOCCOCCOCCOCCOCCOC(=O)CCC(=O)C(=O)O. The summed E-state index contributed by atoms with van der Waals surface area (Å²) in [6.07, 6.45) is 9.77. The molecule has 0 saturated heterocycles. The maximum absolute atomic E-state index is 11.3. The Bertz CT molecular complexity index is 557. The van der Waals surface area contributed by atoms with Crippen molar-refractivity contribution >= 4 is 17.7 Å². The van der Waals surface area contributed by atoms with Crippen LogP contribution in [0.15, 0.2) is 0 Å². The third kappa shape index (κ3) is 28.9. The highest BCUT2D eigenvalue weighted by Gasteiger charge is 2.14. The van der Waals surface area contributed by atoms with Crippen LogP contribution in [0.5, 0.6) is 0 Å². The van der Waals surface area contributed by atoms with E-state index in [1.807, 2.05) is 0 Å². The third-order valence-corrected chi connectivity index (χ3v) is 5.29. The number of esters is 1. The highest BCUT2D eigenvalue weighted by Crippen LogP contribution is 2.08. The first kappa shape index (κ1) is 36.4. The molecule has 11 heteroatoms. The van der Waals surface area contributed by atoms with Crippen LogP contribution in [0.25, 0.3) is 0 Å². The predicted molar refractivity (Wildman–Crippen MR) is 140 cm³/mol. The first-order chi connectivity index (χ1) is 18.6. The van der Waals surface area contributed by atoms with Gasteiger partial charge < -0.3 is 38.3 Å². The quantitative estimate of drug-likeness (QED) is 0.0774. The van der Waals surface area contributed by atoms with Crippen molar-refractivity contribution in [1.29, 1.82) is 0 Å². The molecule has 0 unspecified atom stereocenters. The maximum atomic E-state index is 11.3. The Kier molecular flexibility index (Phi) is 28.6. The lowest BCUT2D eigenvalue weighted by molar-refractivity contribution is -0.151. The van der Waals surface area contributed by atoms with Crippen LogP contribution in [-0.4, -0.2) is 109 Å². The standard InChI is InChI=1S/C27H50O11/c1-2-3-4-5-6-7-8-9-12-32-13-14-33-15-16-34-17-18-35-19-20-36-21-22-37-23-24-38-26(29)11-10-25(28)27(30)31/h2-24H2,1H3,(H,30,31). The molecule has 0 fully saturated rings. The molecule has 0 aliphatic heterocycles. The van der Waals surface area contributed by atoms with Crippen molar-refractivity contribution in [3.63, 3.8) is 0 Å². The molecule has 0 aromatic rings. The largest absolute Gasteiger partial charge is 0.476 e. The normalized spacial score (nSPS) is 11.1. The van der Waals surface area contributed by atoms with E-state index in [9.17, 15) is 14.4 Å². The molecule has 11 nitrogen and oxygen atoms in total. The summed E-state index contributed by atoms with van der Waals surface area (Å²) < 4.78 is 37.4. The second kappa shape index (κ2) is 29.9. The van der Waals surface area contributed by atoms with Gasteiger partial charge in [0.25, 0.3) is 0 Å². The monoisotopic (exact) mass is 550 g/mol. The number of carboxylic acids is 1. The number of ketones is 1. The van der Waals surface area contributed by atoms with Crippen LogP contribution >= 0.6 is 0 Å². The van der Waals surface area contributed by atoms with Gasteiger partial charge in [0.2, 0.25) is 5.78 Å². The molecular weight excluding hydrogens is 500 g/mol. The molecule has 0 aromatic carbocycles. The molecule has 0 atom stereocenters. The summed E-state index contributed by atoms with van der Waals surface area (Å²) in [6, 6.07) is 0. The van der Waals surface area contributed by atoms with Crippen molar-refractivity contribution in [3.05, 3.63) is 0 Å². The molecule has 0 saturated carbocycles. The molecule has 0 aliphatic rings. The van der Waals surface area contributed by atoms with E-state index in [2.05, 4.69) is 6.92 Å². The van der Waals surface area contributed by atoms with Gasteiger partial charge in [-0.15, -0.1) is 0 Å². The number of hydrogen-bond acceptors (Lipinski definition) is 10. The zero-order valence-electron chi connectivity index (χ0n) is 23.3. The van der Waals surface area contributed by atoms with Crippen molar-refractivity contribution in [2.24, 2.45) is 0 Å². The fourth-order valence-corrected chi connectivity index (χ4v) is 3.15. The molecule has 0 amide bonds. The van der Waals surface area contributed by atoms with E-state index in [0.717, 1.165) is 13.0 Å². The minimum absolute atomic E-state index is 0.0291. The minimum atomic E-state index is -1.55. The summed E-state index contributed by atoms with van der Waals surface area (Å²) in [7, 11) is 0. The highest BCUT2D eigenvalue weighted by molar-refractivity contribution is 6.32. The second-order valence-corrected chi connectivity index (χ2v) is 8.60. The van der Waals surface area contributed by atoms with Crippen molar-refractivity contribution < 1.29 is 52.6 Å². The van der Waals surface area contributed by atoms with E-state index in [-0.39, 0.29) is 26.1 Å². The second-order valence-electron chi connectivity index (χ2n) is 8.60. The van der Waals surface area contributed by atoms with Crippen LogP contribution in [0.4, 0.5) is 0 Å². The summed E-state index contributed by atoms with van der Waals surface area (Å²) in [5, 5.41) is 8.42. The number of Topliss-reactive ketones (excluding diaryl/α,β-unsaturated/α-hetero) is 1. The Labute approximate surface area is 227 Å². The first-order valence-electron chi connectivity index (χ1n) is 14.0. The number of rotatable bonds is 31. The van der Waals surface area contributed by atoms with Gasteiger partial charge in [0.1, 0.15) is 6.61 Å². The van der Waals surface area contributed by atoms with Gasteiger partial charge in [-0.05, 0) is 6.42 Å². The summed E-state index contributed by atoms with van der Waals surface area (Å²) in [6.45, 7) is 8.08. The summed E-state index contributed by atoms with van der Waals surface area (Å²) in [5.41, 5.74) is 0. The van der Waals surface area contributed by atoms with Crippen molar-refractivity contribution in [3.8, 4) is 0 Å². The van der Waals surface area contributed by atoms with E-state index in [1.165, 1.54) is 44.9 Å².